The molecule has 1 aromatic carbocycles. The molecule has 0 unspecified atom stereocenters. The standard InChI is InChI=1S/C17H24ClN3O4S/c1-2-8-19-16(22)7-9-20-17(23)14-12-13(5-6-15(14)18)26(24,25)21-10-3-4-11-21/h5-6,12H,2-4,7-11H2,1H3,(H,19,22)(H,20,23). The van der Waals surface area contributed by atoms with E-state index in [4.69, 9.17) is 11.6 Å². The van der Waals surface area contributed by atoms with Crippen molar-refractivity contribution in [3.05, 3.63) is 28.8 Å². The summed E-state index contributed by atoms with van der Waals surface area (Å²) >= 11 is 6.06. The zero-order chi connectivity index (χ0) is 19.2. The molecule has 7 nitrogen and oxygen atoms in total. The Morgan fingerprint density at radius 1 is 1.15 bits per heavy atom. The molecule has 1 saturated heterocycles. The lowest BCUT2D eigenvalue weighted by Gasteiger charge is -2.16. The number of carbonyl (C=O) groups is 2. The van der Waals surface area contributed by atoms with E-state index in [1.807, 2.05) is 6.92 Å². The normalized spacial score (nSPS) is 15.0. The molecular weight excluding hydrogens is 378 g/mol. The maximum Gasteiger partial charge on any atom is 0.252 e. The van der Waals surface area contributed by atoms with E-state index in [-0.39, 0.29) is 34.4 Å². The highest BCUT2D eigenvalue weighted by Crippen LogP contribution is 2.25. The van der Waals surface area contributed by atoms with Gasteiger partial charge in [-0.3, -0.25) is 9.59 Å². The predicted octanol–water partition coefficient (Wildman–Crippen LogP) is 1.77. The van der Waals surface area contributed by atoms with Crippen molar-refractivity contribution in [3.63, 3.8) is 0 Å². The highest BCUT2D eigenvalue weighted by Gasteiger charge is 2.28. The third-order valence-corrected chi connectivity index (χ3v) is 6.32. The van der Waals surface area contributed by atoms with E-state index in [2.05, 4.69) is 10.6 Å². The summed E-state index contributed by atoms with van der Waals surface area (Å²) in [6, 6.07) is 4.11. The Hall–Kier alpha value is -1.64. The van der Waals surface area contributed by atoms with Gasteiger partial charge in [0.2, 0.25) is 15.9 Å². The van der Waals surface area contributed by atoms with Gasteiger partial charge in [-0.15, -0.1) is 0 Å². The molecular formula is C17H24ClN3O4S. The molecule has 1 fully saturated rings. The molecule has 0 bridgehead atoms. The number of sulfonamides is 1. The zero-order valence-corrected chi connectivity index (χ0v) is 16.3. The van der Waals surface area contributed by atoms with E-state index in [0.717, 1.165) is 19.3 Å². The second kappa shape index (κ2) is 9.34. The number of rotatable bonds is 8. The summed E-state index contributed by atoms with van der Waals surface area (Å²) in [5.74, 6) is -0.652. The summed E-state index contributed by atoms with van der Waals surface area (Å²) < 4.78 is 26.7. The van der Waals surface area contributed by atoms with Crippen LogP contribution in [-0.2, 0) is 14.8 Å². The molecule has 0 radical (unpaired) electrons. The Balaban J connectivity index is 2.04. The zero-order valence-electron chi connectivity index (χ0n) is 14.8. The summed E-state index contributed by atoms with van der Waals surface area (Å²) in [6.45, 7) is 3.66. The second-order valence-corrected chi connectivity index (χ2v) is 8.45. The second-order valence-electron chi connectivity index (χ2n) is 6.11. The van der Waals surface area contributed by atoms with Crippen LogP contribution in [0.5, 0.6) is 0 Å². The summed E-state index contributed by atoms with van der Waals surface area (Å²) in [4.78, 5) is 23.9. The van der Waals surface area contributed by atoms with E-state index in [1.165, 1.54) is 22.5 Å². The van der Waals surface area contributed by atoms with Crippen molar-refractivity contribution in [1.82, 2.24) is 14.9 Å². The lowest BCUT2D eigenvalue weighted by atomic mass is 10.2. The molecule has 9 heteroatoms. The largest absolute Gasteiger partial charge is 0.356 e. The lowest BCUT2D eigenvalue weighted by molar-refractivity contribution is -0.120. The van der Waals surface area contributed by atoms with Crippen LogP contribution in [0.25, 0.3) is 0 Å². The summed E-state index contributed by atoms with van der Waals surface area (Å²) in [5, 5.41) is 5.48. The third kappa shape index (κ3) is 5.18. The van der Waals surface area contributed by atoms with Gasteiger partial charge in [-0.25, -0.2) is 8.42 Å². The highest BCUT2D eigenvalue weighted by molar-refractivity contribution is 7.89. The van der Waals surface area contributed by atoms with Crippen molar-refractivity contribution in [3.8, 4) is 0 Å². The van der Waals surface area contributed by atoms with Crippen LogP contribution in [0.4, 0.5) is 0 Å². The van der Waals surface area contributed by atoms with Gasteiger partial charge in [0.15, 0.2) is 0 Å². The van der Waals surface area contributed by atoms with Crippen molar-refractivity contribution in [1.29, 1.82) is 0 Å². The lowest BCUT2D eigenvalue weighted by Crippen LogP contribution is -2.31. The number of amides is 2. The number of nitrogens with one attached hydrogen (secondary N) is 2. The Bertz CT molecular complexity index is 761. The molecule has 0 saturated carbocycles. The number of halogens is 1. The Labute approximate surface area is 159 Å². The van der Waals surface area contributed by atoms with Crippen molar-refractivity contribution in [2.24, 2.45) is 0 Å². The van der Waals surface area contributed by atoms with Gasteiger partial charge in [0.1, 0.15) is 0 Å². The van der Waals surface area contributed by atoms with Gasteiger partial charge in [-0.2, -0.15) is 4.31 Å². The minimum atomic E-state index is -3.63. The molecule has 0 atom stereocenters. The van der Waals surface area contributed by atoms with Gasteiger partial charge in [-0.1, -0.05) is 18.5 Å². The van der Waals surface area contributed by atoms with Crippen molar-refractivity contribution < 1.29 is 18.0 Å². The SMILES string of the molecule is CCCNC(=O)CCNC(=O)c1cc(S(=O)(=O)N2CCCC2)ccc1Cl. The van der Waals surface area contributed by atoms with Gasteiger partial charge in [0, 0.05) is 32.6 Å². The Morgan fingerprint density at radius 3 is 2.50 bits per heavy atom. The average Bonchev–Trinajstić information content (AvgIpc) is 3.15. The highest BCUT2D eigenvalue weighted by atomic mass is 35.5. The van der Waals surface area contributed by atoms with E-state index in [9.17, 15) is 18.0 Å². The van der Waals surface area contributed by atoms with Crippen molar-refractivity contribution >= 4 is 33.4 Å². The first kappa shape index (κ1) is 20.7. The molecule has 1 heterocycles. The summed E-state index contributed by atoms with van der Waals surface area (Å²) in [7, 11) is -3.63. The van der Waals surface area contributed by atoms with E-state index < -0.39 is 15.9 Å². The molecule has 2 amide bonds. The van der Waals surface area contributed by atoms with Crippen LogP contribution in [-0.4, -0.2) is 50.7 Å². The molecule has 26 heavy (non-hydrogen) atoms. The molecule has 2 rings (SSSR count). The quantitative estimate of drug-likeness (QED) is 0.693. The first-order valence-electron chi connectivity index (χ1n) is 8.71. The van der Waals surface area contributed by atoms with Crippen LogP contribution in [0.2, 0.25) is 5.02 Å². The third-order valence-electron chi connectivity index (χ3n) is 4.10. The molecule has 1 aliphatic heterocycles. The van der Waals surface area contributed by atoms with Gasteiger partial charge in [-0.05, 0) is 37.5 Å². The van der Waals surface area contributed by atoms with E-state index in [0.29, 0.717) is 19.6 Å². The minimum Gasteiger partial charge on any atom is -0.356 e. The van der Waals surface area contributed by atoms with Crippen molar-refractivity contribution in [2.45, 2.75) is 37.5 Å². The summed E-state index contributed by atoms with van der Waals surface area (Å²) in [6.07, 6.45) is 2.65. The van der Waals surface area contributed by atoms with Crippen LogP contribution < -0.4 is 10.6 Å². The van der Waals surface area contributed by atoms with E-state index in [1.54, 1.807) is 0 Å². The minimum absolute atomic E-state index is 0.0506. The fraction of sp³-hybridized carbons (Fsp3) is 0.529. The fourth-order valence-electron chi connectivity index (χ4n) is 2.65. The fourth-order valence-corrected chi connectivity index (χ4v) is 4.40. The number of nitrogens with zero attached hydrogens (tertiary/aromatic N) is 1. The molecule has 1 aromatic rings. The first-order chi connectivity index (χ1) is 12.4. The van der Waals surface area contributed by atoms with Gasteiger partial charge in [0.05, 0.1) is 15.5 Å². The molecule has 1 aliphatic rings. The van der Waals surface area contributed by atoms with E-state index >= 15 is 0 Å². The number of benzene rings is 1. The number of carbonyl (C=O) groups excluding carboxylic acids is 2. The Morgan fingerprint density at radius 2 is 1.85 bits per heavy atom. The molecule has 144 valence electrons. The van der Waals surface area contributed by atoms with Crippen molar-refractivity contribution in [2.75, 3.05) is 26.2 Å². The molecule has 2 N–H and O–H groups in total. The Kier molecular flexibility index (Phi) is 7.43. The van der Waals surface area contributed by atoms with Gasteiger partial charge in [0.25, 0.3) is 5.91 Å². The van der Waals surface area contributed by atoms with Crippen LogP contribution >= 0.6 is 11.6 Å². The topological polar surface area (TPSA) is 95.6 Å². The maximum atomic E-state index is 12.6. The predicted molar refractivity (Wildman–Crippen MR) is 99.7 cm³/mol. The maximum absolute atomic E-state index is 12.6. The smallest absolute Gasteiger partial charge is 0.252 e. The monoisotopic (exact) mass is 401 g/mol. The number of hydrogen-bond donors (Lipinski definition) is 2. The van der Waals surface area contributed by atoms with Crippen LogP contribution in [0.15, 0.2) is 23.1 Å². The van der Waals surface area contributed by atoms with Gasteiger partial charge < -0.3 is 10.6 Å². The average molecular weight is 402 g/mol. The summed E-state index contributed by atoms with van der Waals surface area (Å²) in [5.41, 5.74) is 0.0842. The molecule has 0 aromatic heterocycles. The number of hydrogen-bond acceptors (Lipinski definition) is 4. The first-order valence-corrected chi connectivity index (χ1v) is 10.5. The van der Waals surface area contributed by atoms with Crippen LogP contribution in [0.1, 0.15) is 43.0 Å². The van der Waals surface area contributed by atoms with Gasteiger partial charge >= 0.3 is 0 Å². The molecule has 0 aliphatic carbocycles. The molecule has 0 spiro atoms. The van der Waals surface area contributed by atoms with Crippen LogP contribution in [0.3, 0.4) is 0 Å². The van der Waals surface area contributed by atoms with Crippen LogP contribution in [0, 0.1) is 0 Å².